The van der Waals surface area contributed by atoms with Crippen LogP contribution in [0.1, 0.15) is 18.1 Å². The van der Waals surface area contributed by atoms with Gasteiger partial charge in [0.05, 0.1) is 0 Å². The first-order valence-corrected chi connectivity index (χ1v) is 7.11. The Morgan fingerprint density at radius 3 is 2.86 bits per heavy atom. The molecule has 3 rings (SSSR count). The second kappa shape index (κ2) is 6.06. The van der Waals surface area contributed by atoms with Crippen LogP contribution in [-0.2, 0) is 13.0 Å². The molecule has 2 heterocycles. The van der Waals surface area contributed by atoms with Gasteiger partial charge in [-0.25, -0.2) is 9.37 Å². The van der Waals surface area contributed by atoms with E-state index in [9.17, 15) is 4.39 Å². The number of H-pyrrole nitrogens is 1. The molecule has 1 unspecified atom stereocenters. The summed E-state index contributed by atoms with van der Waals surface area (Å²) in [5, 5.41) is 4.65. The SMILES string of the molecule is CC(Cc1ccc(F)cc1)NCc1c[nH]c2ncccc12. The minimum absolute atomic E-state index is 0.189. The number of benzene rings is 1. The summed E-state index contributed by atoms with van der Waals surface area (Å²) in [6, 6.07) is 11.0. The van der Waals surface area contributed by atoms with Gasteiger partial charge in [0.2, 0.25) is 0 Å². The molecule has 0 amide bonds. The Bertz CT molecular complexity index is 718. The molecule has 0 saturated carbocycles. The molecular formula is C17H18FN3. The fourth-order valence-electron chi connectivity index (χ4n) is 2.49. The molecule has 108 valence electrons. The van der Waals surface area contributed by atoms with Crippen LogP contribution in [0.5, 0.6) is 0 Å². The fourth-order valence-corrected chi connectivity index (χ4v) is 2.49. The van der Waals surface area contributed by atoms with Crippen LogP contribution >= 0.6 is 0 Å². The monoisotopic (exact) mass is 283 g/mol. The second-order valence-corrected chi connectivity index (χ2v) is 5.33. The van der Waals surface area contributed by atoms with E-state index in [-0.39, 0.29) is 5.82 Å². The molecule has 0 aliphatic heterocycles. The molecular weight excluding hydrogens is 265 g/mol. The smallest absolute Gasteiger partial charge is 0.137 e. The number of fused-ring (bicyclic) bond motifs is 1. The number of pyridine rings is 1. The molecule has 0 spiro atoms. The molecule has 3 nitrogen and oxygen atoms in total. The van der Waals surface area contributed by atoms with Gasteiger partial charge in [-0.2, -0.15) is 0 Å². The number of aromatic nitrogens is 2. The zero-order valence-electron chi connectivity index (χ0n) is 11.9. The summed E-state index contributed by atoms with van der Waals surface area (Å²) in [5.41, 5.74) is 3.27. The Labute approximate surface area is 123 Å². The van der Waals surface area contributed by atoms with Gasteiger partial charge in [0.1, 0.15) is 11.5 Å². The van der Waals surface area contributed by atoms with Crippen molar-refractivity contribution < 1.29 is 4.39 Å². The Morgan fingerprint density at radius 1 is 1.24 bits per heavy atom. The van der Waals surface area contributed by atoms with E-state index in [2.05, 4.69) is 28.3 Å². The van der Waals surface area contributed by atoms with Crippen LogP contribution in [0.15, 0.2) is 48.8 Å². The molecule has 0 bridgehead atoms. The van der Waals surface area contributed by atoms with Gasteiger partial charge in [-0.05, 0) is 48.7 Å². The van der Waals surface area contributed by atoms with Crippen LogP contribution in [0, 0.1) is 5.82 Å². The summed E-state index contributed by atoms with van der Waals surface area (Å²) in [5.74, 6) is -0.189. The highest BCUT2D eigenvalue weighted by Gasteiger charge is 2.07. The lowest BCUT2D eigenvalue weighted by Crippen LogP contribution is -2.27. The van der Waals surface area contributed by atoms with Gasteiger partial charge in [-0.3, -0.25) is 0 Å². The molecule has 2 aromatic heterocycles. The van der Waals surface area contributed by atoms with Crippen molar-refractivity contribution in [1.29, 1.82) is 0 Å². The van der Waals surface area contributed by atoms with Gasteiger partial charge < -0.3 is 10.3 Å². The topological polar surface area (TPSA) is 40.7 Å². The number of hydrogen-bond donors (Lipinski definition) is 2. The zero-order valence-corrected chi connectivity index (χ0v) is 11.9. The molecule has 0 saturated heterocycles. The minimum atomic E-state index is -0.189. The van der Waals surface area contributed by atoms with Crippen molar-refractivity contribution >= 4 is 11.0 Å². The summed E-state index contributed by atoms with van der Waals surface area (Å²) < 4.78 is 12.9. The van der Waals surface area contributed by atoms with E-state index in [0.717, 1.165) is 29.6 Å². The fraction of sp³-hybridized carbons (Fsp3) is 0.235. The van der Waals surface area contributed by atoms with Crippen LogP contribution in [0.25, 0.3) is 11.0 Å². The van der Waals surface area contributed by atoms with Crippen molar-refractivity contribution in [1.82, 2.24) is 15.3 Å². The molecule has 2 N–H and O–H groups in total. The van der Waals surface area contributed by atoms with Gasteiger partial charge >= 0.3 is 0 Å². The number of nitrogens with one attached hydrogen (secondary N) is 2. The largest absolute Gasteiger partial charge is 0.346 e. The highest BCUT2D eigenvalue weighted by Crippen LogP contribution is 2.15. The molecule has 0 fully saturated rings. The Balaban J connectivity index is 1.60. The standard InChI is InChI=1S/C17H18FN3/c1-12(9-13-4-6-15(18)7-5-13)20-10-14-11-21-17-16(14)3-2-8-19-17/h2-8,11-12,20H,9-10H2,1H3,(H,19,21). The van der Waals surface area contributed by atoms with Crippen molar-refractivity contribution in [3.63, 3.8) is 0 Å². The minimum Gasteiger partial charge on any atom is -0.346 e. The average molecular weight is 283 g/mol. The molecule has 0 aliphatic rings. The lowest BCUT2D eigenvalue weighted by atomic mass is 10.1. The Hall–Kier alpha value is -2.20. The Morgan fingerprint density at radius 2 is 2.05 bits per heavy atom. The maximum absolute atomic E-state index is 12.9. The van der Waals surface area contributed by atoms with Crippen LogP contribution in [-0.4, -0.2) is 16.0 Å². The summed E-state index contributed by atoms with van der Waals surface area (Å²) in [6.07, 6.45) is 4.66. The van der Waals surface area contributed by atoms with E-state index >= 15 is 0 Å². The van der Waals surface area contributed by atoms with Crippen LogP contribution < -0.4 is 5.32 Å². The highest BCUT2D eigenvalue weighted by molar-refractivity contribution is 5.79. The predicted octanol–water partition coefficient (Wildman–Crippen LogP) is 3.42. The van der Waals surface area contributed by atoms with Gasteiger partial charge in [0.15, 0.2) is 0 Å². The number of hydrogen-bond acceptors (Lipinski definition) is 2. The molecule has 0 aliphatic carbocycles. The lowest BCUT2D eigenvalue weighted by molar-refractivity contribution is 0.546. The first-order valence-electron chi connectivity index (χ1n) is 7.11. The normalized spacial score (nSPS) is 12.7. The third-order valence-electron chi connectivity index (χ3n) is 3.63. The van der Waals surface area contributed by atoms with Crippen molar-refractivity contribution in [3.8, 4) is 0 Å². The molecule has 3 aromatic rings. The van der Waals surface area contributed by atoms with E-state index in [1.165, 1.54) is 17.7 Å². The lowest BCUT2D eigenvalue weighted by Gasteiger charge is -2.13. The third kappa shape index (κ3) is 3.28. The number of nitrogens with zero attached hydrogens (tertiary/aromatic N) is 1. The second-order valence-electron chi connectivity index (χ2n) is 5.33. The van der Waals surface area contributed by atoms with Crippen molar-refractivity contribution in [2.75, 3.05) is 0 Å². The van der Waals surface area contributed by atoms with E-state index in [0.29, 0.717) is 6.04 Å². The van der Waals surface area contributed by atoms with Gasteiger partial charge in [-0.15, -0.1) is 0 Å². The predicted molar refractivity (Wildman–Crippen MR) is 82.5 cm³/mol. The summed E-state index contributed by atoms with van der Waals surface area (Å²) >= 11 is 0. The first-order chi connectivity index (χ1) is 10.2. The number of aromatic amines is 1. The van der Waals surface area contributed by atoms with Crippen molar-refractivity contribution in [3.05, 3.63) is 65.7 Å². The summed E-state index contributed by atoms with van der Waals surface area (Å²) in [6.45, 7) is 2.92. The maximum atomic E-state index is 12.9. The first kappa shape index (κ1) is 13.8. The maximum Gasteiger partial charge on any atom is 0.137 e. The van der Waals surface area contributed by atoms with Crippen LogP contribution in [0.2, 0.25) is 0 Å². The summed E-state index contributed by atoms with van der Waals surface area (Å²) in [7, 11) is 0. The van der Waals surface area contributed by atoms with E-state index in [1.807, 2.05) is 24.4 Å². The quantitative estimate of drug-likeness (QED) is 0.753. The number of halogens is 1. The van der Waals surface area contributed by atoms with Crippen molar-refractivity contribution in [2.24, 2.45) is 0 Å². The average Bonchev–Trinajstić information content (AvgIpc) is 2.91. The highest BCUT2D eigenvalue weighted by atomic mass is 19.1. The molecule has 0 radical (unpaired) electrons. The van der Waals surface area contributed by atoms with E-state index in [1.54, 1.807) is 6.20 Å². The van der Waals surface area contributed by atoms with Gasteiger partial charge in [0, 0.05) is 30.4 Å². The van der Waals surface area contributed by atoms with E-state index in [4.69, 9.17) is 0 Å². The van der Waals surface area contributed by atoms with E-state index < -0.39 is 0 Å². The van der Waals surface area contributed by atoms with Crippen LogP contribution in [0.4, 0.5) is 4.39 Å². The molecule has 1 atom stereocenters. The van der Waals surface area contributed by atoms with Crippen molar-refractivity contribution in [2.45, 2.75) is 25.9 Å². The third-order valence-corrected chi connectivity index (χ3v) is 3.63. The summed E-state index contributed by atoms with van der Waals surface area (Å²) in [4.78, 5) is 7.46. The zero-order chi connectivity index (χ0) is 14.7. The van der Waals surface area contributed by atoms with Gasteiger partial charge in [0.25, 0.3) is 0 Å². The molecule has 4 heteroatoms. The Kier molecular flexibility index (Phi) is 3.97. The molecule has 1 aromatic carbocycles. The molecule has 21 heavy (non-hydrogen) atoms. The van der Waals surface area contributed by atoms with Crippen LogP contribution in [0.3, 0.4) is 0 Å². The van der Waals surface area contributed by atoms with Gasteiger partial charge in [-0.1, -0.05) is 12.1 Å². The number of rotatable bonds is 5.